The Labute approximate surface area is 92.4 Å². The van der Waals surface area contributed by atoms with Gasteiger partial charge in [0.1, 0.15) is 0 Å². The molecule has 0 aromatic rings. The van der Waals surface area contributed by atoms with Crippen LogP contribution in [0.4, 0.5) is 0 Å². The second kappa shape index (κ2) is 7.49. The Bertz CT molecular complexity index is 208. The zero-order chi connectivity index (χ0) is 10.9. The van der Waals surface area contributed by atoms with E-state index in [0.717, 1.165) is 51.6 Å². The molecule has 15 heavy (non-hydrogen) atoms. The van der Waals surface area contributed by atoms with Crippen molar-refractivity contribution in [2.75, 3.05) is 39.5 Å². The zero-order valence-electron chi connectivity index (χ0n) is 9.58. The van der Waals surface area contributed by atoms with Crippen LogP contribution in [-0.2, 0) is 9.47 Å². The average Bonchev–Trinajstić information content (AvgIpc) is 2.26. The number of nitrogens with zero attached hydrogens (tertiary/aromatic N) is 1. The molecule has 0 amide bonds. The average molecular weight is 211 g/mol. The summed E-state index contributed by atoms with van der Waals surface area (Å²) in [5.74, 6) is 0.937. The van der Waals surface area contributed by atoms with Gasteiger partial charge in [0.25, 0.3) is 0 Å². The summed E-state index contributed by atoms with van der Waals surface area (Å²) in [4.78, 5) is 2.42. The minimum Gasteiger partial charge on any atom is -0.498 e. The van der Waals surface area contributed by atoms with Gasteiger partial charge in [0, 0.05) is 19.6 Å². The first-order valence-corrected chi connectivity index (χ1v) is 5.55. The summed E-state index contributed by atoms with van der Waals surface area (Å²) in [6.45, 7) is 11.3. The quantitative estimate of drug-likeness (QED) is 0.380. The van der Waals surface area contributed by atoms with Crippen LogP contribution in [0.15, 0.2) is 24.5 Å². The first-order valence-electron chi connectivity index (χ1n) is 5.55. The van der Waals surface area contributed by atoms with E-state index in [1.807, 2.05) is 13.0 Å². The van der Waals surface area contributed by atoms with Crippen molar-refractivity contribution in [1.82, 2.24) is 4.90 Å². The van der Waals surface area contributed by atoms with Gasteiger partial charge in [-0.15, -0.1) is 0 Å². The highest BCUT2D eigenvalue weighted by Crippen LogP contribution is 2.00. The van der Waals surface area contributed by atoms with Gasteiger partial charge < -0.3 is 9.47 Å². The Hall–Kier alpha value is -0.800. The number of hydrogen-bond acceptors (Lipinski definition) is 3. The molecule has 0 aliphatic carbocycles. The molecular weight excluding hydrogens is 190 g/mol. The molecule has 0 radical (unpaired) electrons. The monoisotopic (exact) mass is 211 g/mol. The lowest BCUT2D eigenvalue weighted by Gasteiger charge is -2.26. The van der Waals surface area contributed by atoms with Gasteiger partial charge in [0.15, 0.2) is 0 Å². The lowest BCUT2D eigenvalue weighted by molar-refractivity contribution is 0.0344. The predicted molar refractivity (Wildman–Crippen MR) is 61.8 cm³/mol. The Kier molecular flexibility index (Phi) is 6.12. The lowest BCUT2D eigenvalue weighted by Crippen LogP contribution is -2.37. The van der Waals surface area contributed by atoms with E-state index in [2.05, 4.69) is 11.5 Å². The van der Waals surface area contributed by atoms with E-state index in [1.54, 1.807) is 6.08 Å². The third kappa shape index (κ3) is 5.60. The predicted octanol–water partition coefficient (Wildman–Crippen LogP) is 1.82. The zero-order valence-corrected chi connectivity index (χ0v) is 9.58. The van der Waals surface area contributed by atoms with Crippen molar-refractivity contribution in [2.45, 2.75) is 13.3 Å². The molecule has 0 atom stereocenters. The molecule has 0 aromatic carbocycles. The first-order chi connectivity index (χ1) is 7.33. The highest BCUT2D eigenvalue weighted by molar-refractivity contribution is 5.01. The summed E-state index contributed by atoms with van der Waals surface area (Å²) in [6, 6.07) is 0. The Morgan fingerprint density at radius 1 is 1.47 bits per heavy atom. The van der Waals surface area contributed by atoms with Crippen molar-refractivity contribution in [3.8, 4) is 0 Å². The van der Waals surface area contributed by atoms with Crippen molar-refractivity contribution in [3.63, 3.8) is 0 Å². The maximum absolute atomic E-state index is 5.51. The maximum Gasteiger partial charge on any atom is 0.0928 e. The van der Waals surface area contributed by atoms with Crippen LogP contribution in [-0.4, -0.2) is 44.4 Å². The third-order valence-corrected chi connectivity index (χ3v) is 2.40. The molecule has 0 bridgehead atoms. The van der Waals surface area contributed by atoms with Crippen molar-refractivity contribution < 1.29 is 9.47 Å². The van der Waals surface area contributed by atoms with Crippen LogP contribution in [0.1, 0.15) is 13.3 Å². The molecule has 0 N–H and O–H groups in total. The topological polar surface area (TPSA) is 21.7 Å². The second-order valence-electron chi connectivity index (χ2n) is 3.67. The van der Waals surface area contributed by atoms with E-state index < -0.39 is 0 Å². The molecule has 1 aliphatic rings. The molecule has 3 heteroatoms. The molecule has 0 aromatic heterocycles. The normalized spacial score (nSPS) is 18.9. The molecule has 1 aliphatic heterocycles. The van der Waals surface area contributed by atoms with E-state index in [9.17, 15) is 0 Å². The van der Waals surface area contributed by atoms with E-state index >= 15 is 0 Å². The Morgan fingerprint density at radius 3 is 2.87 bits per heavy atom. The fraction of sp³-hybridized carbons (Fsp3) is 0.667. The third-order valence-electron chi connectivity index (χ3n) is 2.40. The highest BCUT2D eigenvalue weighted by Gasteiger charge is 2.08. The maximum atomic E-state index is 5.51. The van der Waals surface area contributed by atoms with Gasteiger partial charge in [0.05, 0.1) is 25.6 Å². The molecular formula is C12H21NO2. The van der Waals surface area contributed by atoms with Crippen molar-refractivity contribution in [1.29, 1.82) is 0 Å². The summed E-state index contributed by atoms with van der Waals surface area (Å²) in [5.41, 5.74) is 0. The van der Waals surface area contributed by atoms with E-state index in [-0.39, 0.29) is 0 Å². The van der Waals surface area contributed by atoms with E-state index in [4.69, 9.17) is 9.47 Å². The molecule has 1 fully saturated rings. The Balaban J connectivity index is 2.00. The van der Waals surface area contributed by atoms with Crippen LogP contribution in [0, 0.1) is 0 Å². The summed E-state index contributed by atoms with van der Waals surface area (Å²) in [6.07, 6.45) is 4.70. The van der Waals surface area contributed by atoms with Gasteiger partial charge >= 0.3 is 0 Å². The molecule has 0 spiro atoms. The molecule has 0 saturated carbocycles. The summed E-state index contributed by atoms with van der Waals surface area (Å²) >= 11 is 0. The standard InChI is InChI=1S/C12H21NO2/c1-3-5-12(2)15-9-4-6-13-7-10-14-11-8-13/h3,5H,1,4,6-11H2,2H3/b12-5+. The molecule has 3 nitrogen and oxygen atoms in total. The van der Waals surface area contributed by atoms with E-state index in [0.29, 0.717) is 0 Å². The number of hydrogen-bond donors (Lipinski definition) is 0. The van der Waals surface area contributed by atoms with Crippen LogP contribution in [0.5, 0.6) is 0 Å². The van der Waals surface area contributed by atoms with E-state index in [1.165, 1.54) is 0 Å². The van der Waals surface area contributed by atoms with Crippen molar-refractivity contribution in [2.24, 2.45) is 0 Å². The van der Waals surface area contributed by atoms with Gasteiger partial charge in [0.2, 0.25) is 0 Å². The van der Waals surface area contributed by atoms with Crippen LogP contribution in [0.25, 0.3) is 0 Å². The number of ether oxygens (including phenoxy) is 2. The minimum atomic E-state index is 0.785. The summed E-state index contributed by atoms with van der Waals surface area (Å²) in [7, 11) is 0. The van der Waals surface area contributed by atoms with Gasteiger partial charge in [-0.2, -0.15) is 0 Å². The van der Waals surface area contributed by atoms with Gasteiger partial charge in [-0.3, -0.25) is 4.90 Å². The number of allylic oxidation sites excluding steroid dienone is 3. The van der Waals surface area contributed by atoms with Gasteiger partial charge in [-0.25, -0.2) is 0 Å². The van der Waals surface area contributed by atoms with Crippen molar-refractivity contribution in [3.05, 3.63) is 24.5 Å². The van der Waals surface area contributed by atoms with Crippen LogP contribution < -0.4 is 0 Å². The fourth-order valence-corrected chi connectivity index (χ4v) is 1.56. The summed E-state index contributed by atoms with van der Waals surface area (Å²) < 4.78 is 10.8. The van der Waals surface area contributed by atoms with Gasteiger partial charge in [-0.05, 0) is 19.4 Å². The Morgan fingerprint density at radius 2 is 2.20 bits per heavy atom. The molecule has 0 unspecified atom stereocenters. The van der Waals surface area contributed by atoms with Crippen LogP contribution in [0.3, 0.4) is 0 Å². The highest BCUT2D eigenvalue weighted by atomic mass is 16.5. The molecule has 1 saturated heterocycles. The first kappa shape index (κ1) is 12.3. The summed E-state index contributed by atoms with van der Waals surface area (Å²) in [5, 5.41) is 0. The van der Waals surface area contributed by atoms with Crippen molar-refractivity contribution >= 4 is 0 Å². The second-order valence-corrected chi connectivity index (χ2v) is 3.67. The largest absolute Gasteiger partial charge is 0.498 e. The number of morpholine rings is 1. The fourth-order valence-electron chi connectivity index (χ4n) is 1.56. The van der Waals surface area contributed by atoms with Gasteiger partial charge in [-0.1, -0.05) is 12.7 Å². The van der Waals surface area contributed by atoms with Crippen LogP contribution in [0.2, 0.25) is 0 Å². The SMILES string of the molecule is C=C/C=C(\C)OCCCN1CCOCC1. The molecule has 1 heterocycles. The molecule has 86 valence electrons. The molecule has 1 rings (SSSR count). The minimum absolute atomic E-state index is 0.785. The van der Waals surface area contributed by atoms with Crippen LogP contribution >= 0.6 is 0 Å². The smallest absolute Gasteiger partial charge is 0.0928 e. The number of rotatable bonds is 6. The lowest BCUT2D eigenvalue weighted by atomic mass is 10.3.